The molecule has 9 heteroatoms. The molecule has 39 heavy (non-hydrogen) atoms. The van der Waals surface area contributed by atoms with Crippen LogP contribution in [0.4, 0.5) is 10.5 Å². The molecule has 214 valence electrons. The summed E-state index contributed by atoms with van der Waals surface area (Å²) in [5.41, 5.74) is 0.892. The number of ether oxygens (including phenoxy) is 2. The van der Waals surface area contributed by atoms with Gasteiger partial charge in [0.25, 0.3) is 5.91 Å². The number of hydrogen-bond acceptors (Lipinski definition) is 6. The van der Waals surface area contributed by atoms with Gasteiger partial charge in [-0.15, -0.1) is 0 Å². The van der Waals surface area contributed by atoms with Crippen LogP contribution >= 0.6 is 0 Å². The third-order valence-electron chi connectivity index (χ3n) is 6.35. The van der Waals surface area contributed by atoms with Gasteiger partial charge in [0.05, 0.1) is 7.11 Å². The third kappa shape index (κ3) is 8.63. The van der Waals surface area contributed by atoms with Crippen molar-refractivity contribution in [2.45, 2.75) is 85.5 Å². The molecule has 0 aliphatic heterocycles. The molecule has 0 spiro atoms. The zero-order valence-corrected chi connectivity index (χ0v) is 24.5. The van der Waals surface area contributed by atoms with E-state index >= 15 is 0 Å². The lowest BCUT2D eigenvalue weighted by Gasteiger charge is -2.39. The number of aryl methyl sites for hydroxylation is 1. The minimum absolute atomic E-state index is 0.0844. The Morgan fingerprint density at radius 3 is 2.13 bits per heavy atom. The van der Waals surface area contributed by atoms with E-state index in [1.807, 2.05) is 27.7 Å². The van der Waals surface area contributed by atoms with Crippen LogP contribution in [0.1, 0.15) is 72.1 Å². The summed E-state index contributed by atoms with van der Waals surface area (Å²) in [6.45, 7) is 14.4. The van der Waals surface area contributed by atoms with Gasteiger partial charge in [-0.05, 0) is 94.5 Å². The predicted octanol–water partition coefficient (Wildman–Crippen LogP) is 5.57. The molecule has 3 N–H and O–H groups in total. The zero-order chi connectivity index (χ0) is 29.5. The summed E-state index contributed by atoms with van der Waals surface area (Å²) in [4.78, 5) is 42.3. The Morgan fingerprint density at radius 2 is 1.64 bits per heavy atom. The van der Waals surface area contributed by atoms with Crippen LogP contribution in [0.2, 0.25) is 0 Å². The number of carbonyl (C=O) groups excluding carboxylic acids is 3. The predicted molar refractivity (Wildman–Crippen MR) is 152 cm³/mol. The Bertz CT molecular complexity index is 1140. The highest BCUT2D eigenvalue weighted by atomic mass is 16.6. The molecule has 0 aliphatic carbocycles. The highest BCUT2D eigenvalue weighted by Gasteiger charge is 2.39. The highest BCUT2D eigenvalue weighted by molar-refractivity contribution is 5.99. The van der Waals surface area contributed by atoms with E-state index in [2.05, 4.69) is 10.6 Å². The monoisotopic (exact) mass is 541 g/mol. The topological polar surface area (TPSA) is 117 Å². The Kier molecular flexibility index (Phi) is 10.8. The van der Waals surface area contributed by atoms with Crippen LogP contribution < -0.4 is 15.4 Å². The van der Waals surface area contributed by atoms with E-state index in [-0.39, 0.29) is 17.7 Å². The first-order valence-electron chi connectivity index (χ1n) is 13.2. The molecule has 0 fully saturated rings. The summed E-state index contributed by atoms with van der Waals surface area (Å²) in [6, 6.07) is 9.38. The normalized spacial score (nSPS) is 13.7. The summed E-state index contributed by atoms with van der Waals surface area (Å²) >= 11 is 0. The van der Waals surface area contributed by atoms with Gasteiger partial charge in [-0.25, -0.2) is 4.79 Å². The third-order valence-corrected chi connectivity index (χ3v) is 6.35. The summed E-state index contributed by atoms with van der Waals surface area (Å²) in [5.74, 6) is -0.405. The second-order valence-electron chi connectivity index (χ2n) is 11.0. The Balaban J connectivity index is 2.57. The molecule has 2 rings (SSSR count). The fourth-order valence-electron chi connectivity index (χ4n) is 4.08. The van der Waals surface area contributed by atoms with Crippen molar-refractivity contribution in [1.82, 2.24) is 10.2 Å². The number of rotatable bonds is 10. The quantitative estimate of drug-likeness (QED) is 0.362. The minimum Gasteiger partial charge on any atom is -0.508 e. The lowest BCUT2D eigenvalue weighted by Crippen LogP contribution is -2.56. The number of hydrogen-bond donors (Lipinski definition) is 3. The van der Waals surface area contributed by atoms with E-state index in [0.29, 0.717) is 29.0 Å². The molecular formula is C30H43N3O6. The zero-order valence-electron chi connectivity index (χ0n) is 24.5. The first-order valence-corrected chi connectivity index (χ1v) is 13.2. The molecular weight excluding hydrogens is 498 g/mol. The molecule has 3 unspecified atom stereocenters. The number of anilines is 1. The van der Waals surface area contributed by atoms with E-state index in [4.69, 9.17) is 9.47 Å². The molecule has 0 bridgehead atoms. The first kappa shape index (κ1) is 31.5. The van der Waals surface area contributed by atoms with Gasteiger partial charge in [-0.1, -0.05) is 26.8 Å². The Hall–Kier alpha value is -3.75. The molecule has 3 atom stereocenters. The standard InChI is InChI=1S/C30H43N3O6/c1-10-20(5)33(28(36)25(18(2)3)32-29(37)39-30(6,7)8)26(21-11-16-24(34)19(4)17-21)27(35)31-22-12-14-23(38-9)15-13-22/h11-18,20,25-26,34H,10H2,1-9H3,(H,31,35)(H,32,37). The van der Waals surface area contributed by atoms with Crippen molar-refractivity contribution in [3.63, 3.8) is 0 Å². The molecule has 0 heterocycles. The van der Waals surface area contributed by atoms with E-state index in [9.17, 15) is 19.5 Å². The van der Waals surface area contributed by atoms with Gasteiger partial charge in [-0.2, -0.15) is 0 Å². The molecule has 9 nitrogen and oxygen atoms in total. The fourth-order valence-corrected chi connectivity index (χ4v) is 4.08. The second kappa shape index (κ2) is 13.4. The number of nitrogens with one attached hydrogen (secondary N) is 2. The van der Waals surface area contributed by atoms with Gasteiger partial charge in [0.1, 0.15) is 29.2 Å². The van der Waals surface area contributed by atoms with Crippen molar-refractivity contribution in [1.29, 1.82) is 0 Å². The Morgan fingerprint density at radius 1 is 1.03 bits per heavy atom. The van der Waals surface area contributed by atoms with Crippen LogP contribution in [0.25, 0.3) is 0 Å². The van der Waals surface area contributed by atoms with Crippen molar-refractivity contribution >= 4 is 23.6 Å². The number of nitrogens with zero attached hydrogens (tertiary/aromatic N) is 1. The van der Waals surface area contributed by atoms with E-state index in [1.165, 1.54) is 11.0 Å². The first-order chi connectivity index (χ1) is 18.2. The fraction of sp³-hybridized carbons (Fsp3) is 0.500. The second-order valence-corrected chi connectivity index (χ2v) is 11.0. The number of alkyl carbamates (subject to hydrolysis) is 1. The van der Waals surface area contributed by atoms with E-state index in [0.717, 1.165) is 0 Å². The van der Waals surface area contributed by atoms with Crippen molar-refractivity contribution in [3.8, 4) is 11.5 Å². The van der Waals surface area contributed by atoms with Crippen LogP contribution in [0.5, 0.6) is 11.5 Å². The number of phenolic OH excluding ortho intramolecular Hbond substituents is 1. The number of aromatic hydroxyl groups is 1. The number of carbonyl (C=O) groups is 3. The van der Waals surface area contributed by atoms with Crippen LogP contribution in [-0.2, 0) is 14.3 Å². The average Bonchev–Trinajstić information content (AvgIpc) is 2.85. The Labute approximate surface area is 231 Å². The maximum atomic E-state index is 14.2. The molecule has 0 saturated heterocycles. The number of phenols is 1. The lowest BCUT2D eigenvalue weighted by atomic mass is 9.95. The SMILES string of the molecule is CCC(C)N(C(=O)C(NC(=O)OC(C)(C)C)C(C)C)C(C(=O)Nc1ccc(OC)cc1)c1ccc(O)c(C)c1. The summed E-state index contributed by atoms with van der Waals surface area (Å²) in [5, 5.41) is 15.8. The minimum atomic E-state index is -1.05. The maximum absolute atomic E-state index is 14.2. The van der Waals surface area contributed by atoms with E-state index < -0.39 is 35.6 Å². The van der Waals surface area contributed by atoms with Crippen molar-refractivity contribution in [2.75, 3.05) is 12.4 Å². The van der Waals surface area contributed by atoms with Crippen LogP contribution in [-0.4, -0.2) is 52.7 Å². The molecule has 3 amide bonds. The summed E-state index contributed by atoms with van der Waals surface area (Å²) in [7, 11) is 1.56. The average molecular weight is 542 g/mol. The molecule has 0 saturated carbocycles. The van der Waals surface area contributed by atoms with Gasteiger partial charge >= 0.3 is 6.09 Å². The van der Waals surface area contributed by atoms with Gasteiger partial charge in [0, 0.05) is 11.7 Å². The molecule has 0 aromatic heterocycles. The highest BCUT2D eigenvalue weighted by Crippen LogP contribution is 2.31. The molecule has 2 aromatic carbocycles. The van der Waals surface area contributed by atoms with Gasteiger partial charge in [0.2, 0.25) is 5.91 Å². The molecule has 0 radical (unpaired) electrons. The van der Waals surface area contributed by atoms with Crippen molar-refractivity contribution in [2.24, 2.45) is 5.92 Å². The largest absolute Gasteiger partial charge is 0.508 e. The molecule has 0 aliphatic rings. The van der Waals surface area contributed by atoms with Crippen LogP contribution in [0, 0.1) is 12.8 Å². The number of methoxy groups -OCH3 is 1. The molecule has 2 aromatic rings. The lowest BCUT2D eigenvalue weighted by molar-refractivity contribution is -0.144. The van der Waals surface area contributed by atoms with Gasteiger partial charge in [-0.3, -0.25) is 9.59 Å². The maximum Gasteiger partial charge on any atom is 0.408 e. The van der Waals surface area contributed by atoms with Gasteiger partial charge < -0.3 is 30.1 Å². The number of benzene rings is 2. The van der Waals surface area contributed by atoms with Crippen molar-refractivity contribution < 1.29 is 29.0 Å². The summed E-state index contributed by atoms with van der Waals surface area (Å²) in [6.07, 6.45) is -0.148. The van der Waals surface area contributed by atoms with E-state index in [1.54, 1.807) is 71.2 Å². The van der Waals surface area contributed by atoms with Gasteiger partial charge in [0.15, 0.2) is 0 Å². The number of amides is 3. The summed E-state index contributed by atoms with van der Waals surface area (Å²) < 4.78 is 10.6. The van der Waals surface area contributed by atoms with Crippen LogP contribution in [0.3, 0.4) is 0 Å². The van der Waals surface area contributed by atoms with Crippen molar-refractivity contribution in [3.05, 3.63) is 53.6 Å². The van der Waals surface area contributed by atoms with Crippen LogP contribution in [0.15, 0.2) is 42.5 Å². The smallest absolute Gasteiger partial charge is 0.408 e.